The Morgan fingerprint density at radius 2 is 2.05 bits per heavy atom. The van der Waals surface area contributed by atoms with Crippen LogP contribution in [0.2, 0.25) is 0 Å². The number of halogens is 2. The molecule has 0 aliphatic rings. The predicted octanol–water partition coefficient (Wildman–Crippen LogP) is 3.90. The molecule has 0 spiro atoms. The Labute approximate surface area is 129 Å². The van der Waals surface area contributed by atoms with Crippen molar-refractivity contribution in [2.45, 2.75) is 6.42 Å². The number of aryl methyl sites for hydroxylation is 1. The lowest BCUT2D eigenvalue weighted by Gasteiger charge is -2.02. The summed E-state index contributed by atoms with van der Waals surface area (Å²) in [6.45, 7) is 0. The zero-order chi connectivity index (χ0) is 15.0. The summed E-state index contributed by atoms with van der Waals surface area (Å²) in [6.07, 6.45) is 0.000120. The van der Waals surface area contributed by atoms with Crippen LogP contribution < -0.4 is 0 Å². The average molecular weight is 347 g/mol. The predicted molar refractivity (Wildman–Crippen MR) is 82.8 cm³/mol. The van der Waals surface area contributed by atoms with Crippen LogP contribution in [-0.4, -0.2) is 15.6 Å². The van der Waals surface area contributed by atoms with Gasteiger partial charge in [-0.1, -0.05) is 40.2 Å². The van der Waals surface area contributed by atoms with Gasteiger partial charge < -0.3 is 0 Å². The van der Waals surface area contributed by atoms with E-state index in [1.165, 1.54) is 6.07 Å². The Morgan fingerprint density at radius 3 is 2.81 bits per heavy atom. The highest BCUT2D eigenvalue weighted by Crippen LogP contribution is 2.21. The van der Waals surface area contributed by atoms with Gasteiger partial charge in [0.15, 0.2) is 5.78 Å². The molecule has 0 atom stereocenters. The Bertz CT molecular complexity index is 841. The molecule has 0 saturated heterocycles. The van der Waals surface area contributed by atoms with Crippen molar-refractivity contribution in [1.29, 1.82) is 0 Å². The first-order valence-electron chi connectivity index (χ1n) is 6.45. The van der Waals surface area contributed by atoms with E-state index in [0.717, 1.165) is 10.9 Å². The molecule has 5 heteroatoms. The first-order chi connectivity index (χ1) is 10.1. The van der Waals surface area contributed by atoms with Crippen molar-refractivity contribution in [3.8, 4) is 0 Å². The van der Waals surface area contributed by atoms with Crippen LogP contribution >= 0.6 is 15.9 Å². The number of hydrogen-bond acceptors (Lipinski definition) is 2. The minimum atomic E-state index is -0.391. The number of Topliss-reactive ketones (excluding diaryl/α,β-unsaturated/α-hetero) is 1. The summed E-state index contributed by atoms with van der Waals surface area (Å²) in [5, 5.41) is 5.06. The van der Waals surface area contributed by atoms with Crippen LogP contribution in [-0.2, 0) is 13.5 Å². The van der Waals surface area contributed by atoms with E-state index in [2.05, 4.69) is 21.0 Å². The van der Waals surface area contributed by atoms with Crippen molar-refractivity contribution in [3.63, 3.8) is 0 Å². The van der Waals surface area contributed by atoms with Crippen molar-refractivity contribution in [2.24, 2.45) is 7.05 Å². The summed E-state index contributed by atoms with van der Waals surface area (Å²) < 4.78 is 16.2. The molecule has 0 aliphatic heterocycles. The molecule has 0 aliphatic carbocycles. The number of rotatable bonds is 3. The third-order valence-electron chi connectivity index (χ3n) is 3.39. The van der Waals surface area contributed by atoms with Crippen molar-refractivity contribution in [1.82, 2.24) is 9.78 Å². The lowest BCUT2D eigenvalue weighted by molar-refractivity contribution is 0.0988. The standard InChI is InChI=1S/C16H12BrFN2O/c1-20-14-5-3-2-4-12(14)16(19-20)15(21)8-10-6-7-11(17)9-13(10)18/h2-7,9H,8H2,1H3. The van der Waals surface area contributed by atoms with Crippen molar-refractivity contribution in [2.75, 3.05) is 0 Å². The molecule has 0 amide bonds. The minimum Gasteiger partial charge on any atom is -0.292 e. The second-order valence-corrected chi connectivity index (χ2v) is 5.74. The molecule has 3 nitrogen and oxygen atoms in total. The Hall–Kier alpha value is -2.01. The molecule has 2 aromatic carbocycles. The van der Waals surface area contributed by atoms with Gasteiger partial charge in [0.1, 0.15) is 11.5 Å². The monoisotopic (exact) mass is 346 g/mol. The summed E-state index contributed by atoms with van der Waals surface area (Å²) in [5.74, 6) is -0.578. The SMILES string of the molecule is Cn1nc(C(=O)Cc2ccc(Br)cc2F)c2ccccc21. The number of benzene rings is 2. The molecule has 21 heavy (non-hydrogen) atoms. The molecule has 0 bridgehead atoms. The van der Waals surface area contributed by atoms with Crippen LogP contribution in [0, 0.1) is 5.82 Å². The molecular formula is C16H12BrFN2O. The highest BCUT2D eigenvalue weighted by atomic mass is 79.9. The molecule has 0 saturated carbocycles. The molecule has 1 heterocycles. The van der Waals surface area contributed by atoms with E-state index in [-0.39, 0.29) is 12.2 Å². The van der Waals surface area contributed by atoms with Crippen molar-refractivity contribution in [3.05, 3.63) is 64.0 Å². The molecular weight excluding hydrogens is 335 g/mol. The van der Waals surface area contributed by atoms with E-state index in [4.69, 9.17) is 0 Å². The van der Waals surface area contributed by atoms with E-state index in [0.29, 0.717) is 15.7 Å². The van der Waals surface area contributed by atoms with E-state index in [9.17, 15) is 9.18 Å². The van der Waals surface area contributed by atoms with Gasteiger partial charge in [0.2, 0.25) is 0 Å². The van der Waals surface area contributed by atoms with Crippen LogP contribution in [0.15, 0.2) is 46.9 Å². The van der Waals surface area contributed by atoms with Crippen molar-refractivity contribution < 1.29 is 9.18 Å². The highest BCUT2D eigenvalue weighted by molar-refractivity contribution is 9.10. The van der Waals surface area contributed by atoms with Gasteiger partial charge in [-0.25, -0.2) is 4.39 Å². The number of nitrogens with zero attached hydrogens (tertiary/aromatic N) is 2. The van der Waals surface area contributed by atoms with Crippen molar-refractivity contribution >= 4 is 32.6 Å². The molecule has 1 aromatic heterocycles. The number of aromatic nitrogens is 2. The Balaban J connectivity index is 1.98. The largest absolute Gasteiger partial charge is 0.292 e. The Kier molecular flexibility index (Phi) is 3.59. The number of hydrogen-bond donors (Lipinski definition) is 0. The van der Waals surface area contributed by atoms with Gasteiger partial charge in [-0.05, 0) is 23.8 Å². The summed E-state index contributed by atoms with van der Waals surface area (Å²) in [7, 11) is 1.79. The quantitative estimate of drug-likeness (QED) is 0.674. The molecule has 106 valence electrons. The first-order valence-corrected chi connectivity index (χ1v) is 7.24. The average Bonchev–Trinajstić information content (AvgIpc) is 2.80. The summed E-state index contributed by atoms with van der Waals surface area (Å²) in [4.78, 5) is 12.4. The Morgan fingerprint density at radius 1 is 1.29 bits per heavy atom. The second-order valence-electron chi connectivity index (χ2n) is 4.83. The van der Waals surface area contributed by atoms with E-state index in [1.54, 1.807) is 23.9 Å². The summed E-state index contributed by atoms with van der Waals surface area (Å²) in [6, 6.07) is 12.2. The molecule has 0 unspecified atom stereocenters. The first kappa shape index (κ1) is 13.9. The fourth-order valence-corrected chi connectivity index (χ4v) is 2.67. The maximum atomic E-state index is 13.8. The lowest BCUT2D eigenvalue weighted by atomic mass is 10.0. The third-order valence-corrected chi connectivity index (χ3v) is 3.88. The third kappa shape index (κ3) is 2.61. The zero-order valence-corrected chi connectivity index (χ0v) is 12.9. The zero-order valence-electron chi connectivity index (χ0n) is 11.3. The van der Waals surface area contributed by atoms with Crippen LogP contribution in [0.1, 0.15) is 16.1 Å². The van der Waals surface area contributed by atoms with Crippen LogP contribution in [0.3, 0.4) is 0 Å². The number of fused-ring (bicyclic) bond motifs is 1. The van der Waals surface area contributed by atoms with E-state index in [1.807, 2.05) is 24.3 Å². The van der Waals surface area contributed by atoms with Gasteiger partial charge in [0, 0.05) is 23.3 Å². The van der Waals surface area contributed by atoms with Gasteiger partial charge in [0.25, 0.3) is 0 Å². The fraction of sp³-hybridized carbons (Fsp3) is 0.125. The van der Waals surface area contributed by atoms with Gasteiger partial charge in [0.05, 0.1) is 5.52 Å². The van der Waals surface area contributed by atoms with Crippen LogP contribution in [0.4, 0.5) is 4.39 Å². The number of carbonyl (C=O) groups excluding carboxylic acids is 1. The molecule has 0 fully saturated rings. The van der Waals surface area contributed by atoms with E-state index >= 15 is 0 Å². The van der Waals surface area contributed by atoms with Gasteiger partial charge >= 0.3 is 0 Å². The van der Waals surface area contributed by atoms with Crippen LogP contribution in [0.5, 0.6) is 0 Å². The van der Waals surface area contributed by atoms with Gasteiger partial charge in [-0.2, -0.15) is 5.10 Å². The minimum absolute atomic E-state index is 0.000120. The maximum absolute atomic E-state index is 13.8. The number of carbonyl (C=O) groups is 1. The lowest BCUT2D eigenvalue weighted by Crippen LogP contribution is -2.07. The second kappa shape index (κ2) is 5.41. The number of ketones is 1. The van der Waals surface area contributed by atoms with Crippen LogP contribution in [0.25, 0.3) is 10.9 Å². The topological polar surface area (TPSA) is 34.9 Å². The maximum Gasteiger partial charge on any atom is 0.188 e. The van der Waals surface area contributed by atoms with E-state index < -0.39 is 5.82 Å². The molecule has 3 aromatic rings. The normalized spacial score (nSPS) is 11.0. The molecule has 0 radical (unpaired) electrons. The smallest absolute Gasteiger partial charge is 0.188 e. The number of para-hydroxylation sites is 1. The molecule has 0 N–H and O–H groups in total. The molecule has 3 rings (SSSR count). The fourth-order valence-electron chi connectivity index (χ4n) is 2.34. The summed E-state index contributed by atoms with van der Waals surface area (Å²) in [5.41, 5.74) is 1.64. The van der Waals surface area contributed by atoms with Gasteiger partial charge in [-0.15, -0.1) is 0 Å². The highest BCUT2D eigenvalue weighted by Gasteiger charge is 2.17. The summed E-state index contributed by atoms with van der Waals surface area (Å²) >= 11 is 3.20. The van der Waals surface area contributed by atoms with Gasteiger partial charge in [-0.3, -0.25) is 9.48 Å².